The first-order chi connectivity index (χ1) is 12.9. The number of rotatable bonds is 11. The molecule has 0 fully saturated rings. The predicted octanol–water partition coefficient (Wildman–Crippen LogP) is 2.10. The number of hydrogen-bond donors (Lipinski definition) is 1. The zero-order valence-electron chi connectivity index (χ0n) is 16.7. The van der Waals surface area contributed by atoms with Crippen molar-refractivity contribution < 1.29 is 74.2 Å². The molecule has 5 nitrogen and oxygen atoms in total. The molecule has 0 unspecified atom stereocenters. The van der Waals surface area contributed by atoms with Gasteiger partial charge < -0.3 is 9.84 Å². The molecule has 0 spiro atoms. The van der Waals surface area contributed by atoms with Crippen LogP contribution in [-0.4, -0.2) is 13.0 Å². The van der Waals surface area contributed by atoms with Crippen LogP contribution in [0.5, 0.6) is 17.2 Å². The molecule has 0 amide bonds. The van der Waals surface area contributed by atoms with Gasteiger partial charge in [-0.05, 0) is 37.1 Å². The molecule has 0 aliphatic heterocycles. The molecule has 28 heavy (non-hydrogen) atoms. The largest absolute Gasteiger partial charge is 1.00 e. The van der Waals surface area contributed by atoms with Crippen LogP contribution in [0.15, 0.2) is 47.4 Å². The topological polar surface area (TPSA) is 86.7 Å². The number of para-hydroxylation sites is 1. The van der Waals surface area contributed by atoms with Crippen molar-refractivity contribution in [2.45, 2.75) is 63.2 Å². The SMILES string of the molecule is CCCCCCCCCc1cc(Oc2ccccc2S(=O)(=O)O)ccc1[O-].[K+]. The third-order valence-corrected chi connectivity index (χ3v) is 5.33. The maximum absolute atomic E-state index is 12.1. The maximum Gasteiger partial charge on any atom is 1.00 e. The van der Waals surface area contributed by atoms with Gasteiger partial charge in [0.15, 0.2) is 0 Å². The van der Waals surface area contributed by atoms with E-state index in [0.717, 1.165) is 12.8 Å². The minimum absolute atomic E-state index is 0. The summed E-state index contributed by atoms with van der Waals surface area (Å²) in [5, 5.41) is 12.1. The zero-order valence-corrected chi connectivity index (χ0v) is 20.6. The summed E-state index contributed by atoms with van der Waals surface area (Å²) in [6.45, 7) is 2.19. The Kier molecular flexibility index (Phi) is 11.9. The van der Waals surface area contributed by atoms with Crippen molar-refractivity contribution in [1.29, 1.82) is 0 Å². The van der Waals surface area contributed by atoms with E-state index in [1.807, 2.05) is 0 Å². The fourth-order valence-corrected chi connectivity index (χ4v) is 3.58. The van der Waals surface area contributed by atoms with E-state index in [1.54, 1.807) is 12.1 Å². The first-order valence-electron chi connectivity index (χ1n) is 9.46. The van der Waals surface area contributed by atoms with E-state index in [2.05, 4.69) is 6.92 Å². The molecular formula is C21H27KO5S. The smallest absolute Gasteiger partial charge is 0.872 e. The van der Waals surface area contributed by atoms with Gasteiger partial charge in [-0.15, -0.1) is 5.75 Å². The van der Waals surface area contributed by atoms with Crippen LogP contribution in [0.4, 0.5) is 0 Å². The molecule has 2 aromatic carbocycles. The normalized spacial score (nSPS) is 11.1. The van der Waals surface area contributed by atoms with Gasteiger partial charge in [0.05, 0.1) is 0 Å². The van der Waals surface area contributed by atoms with Crippen LogP contribution < -0.4 is 61.2 Å². The van der Waals surface area contributed by atoms with Gasteiger partial charge in [0, 0.05) is 0 Å². The van der Waals surface area contributed by atoms with Crippen LogP contribution in [0.2, 0.25) is 0 Å². The molecule has 0 radical (unpaired) electrons. The molecule has 0 bridgehead atoms. The third-order valence-electron chi connectivity index (χ3n) is 4.44. The summed E-state index contributed by atoms with van der Waals surface area (Å²) in [6, 6.07) is 10.4. The number of aryl methyl sites for hydroxylation is 1. The van der Waals surface area contributed by atoms with Gasteiger partial charge in [0.25, 0.3) is 10.1 Å². The van der Waals surface area contributed by atoms with Crippen LogP contribution in [0.25, 0.3) is 0 Å². The number of unbranched alkanes of at least 4 members (excludes halogenated alkanes) is 6. The van der Waals surface area contributed by atoms with E-state index in [0.29, 0.717) is 17.7 Å². The van der Waals surface area contributed by atoms with Crippen molar-refractivity contribution in [2.24, 2.45) is 0 Å². The summed E-state index contributed by atoms with van der Waals surface area (Å²) in [5.74, 6) is 0.362. The summed E-state index contributed by atoms with van der Waals surface area (Å²) < 4.78 is 37.9. The van der Waals surface area contributed by atoms with Gasteiger partial charge in [0.2, 0.25) is 0 Å². The van der Waals surface area contributed by atoms with E-state index in [9.17, 15) is 18.1 Å². The molecule has 0 heterocycles. The Labute approximate surface area is 210 Å². The van der Waals surface area contributed by atoms with Crippen LogP contribution in [0.3, 0.4) is 0 Å². The van der Waals surface area contributed by atoms with Gasteiger partial charge >= 0.3 is 51.4 Å². The second-order valence-electron chi connectivity index (χ2n) is 6.66. The molecule has 148 valence electrons. The van der Waals surface area contributed by atoms with Crippen molar-refractivity contribution in [2.75, 3.05) is 0 Å². The predicted molar refractivity (Wildman–Crippen MR) is 104 cm³/mol. The third kappa shape index (κ3) is 8.53. The van der Waals surface area contributed by atoms with Crippen LogP contribution in [0, 0.1) is 0 Å². The Balaban J connectivity index is 0.00000392. The van der Waals surface area contributed by atoms with E-state index < -0.39 is 10.1 Å². The standard InChI is InChI=1S/C21H28O5S.K/c1-2-3-4-5-6-7-8-11-17-16-18(14-15-19(17)22)26-20-12-9-10-13-21(20)27(23,24)25;/h9-10,12-16,22H,2-8,11H2,1H3,(H,23,24,25);/q;+1/p-1. The summed E-state index contributed by atoms with van der Waals surface area (Å²) in [6.07, 6.45) is 8.86. The molecule has 2 rings (SSSR count). The van der Waals surface area contributed by atoms with Crippen molar-refractivity contribution in [3.05, 3.63) is 48.0 Å². The molecular weight excluding hydrogens is 403 g/mol. The van der Waals surface area contributed by atoms with Gasteiger partial charge in [-0.25, -0.2) is 0 Å². The molecule has 0 saturated carbocycles. The molecule has 0 aliphatic carbocycles. The summed E-state index contributed by atoms with van der Waals surface area (Å²) in [7, 11) is -4.39. The average Bonchev–Trinajstić information content (AvgIpc) is 2.63. The van der Waals surface area contributed by atoms with E-state index >= 15 is 0 Å². The first kappa shape index (κ1) is 25.6. The van der Waals surface area contributed by atoms with Crippen molar-refractivity contribution >= 4 is 10.1 Å². The van der Waals surface area contributed by atoms with Gasteiger partial charge in [-0.2, -0.15) is 8.42 Å². The second kappa shape index (κ2) is 13.0. The van der Waals surface area contributed by atoms with Crippen molar-refractivity contribution in [1.82, 2.24) is 0 Å². The van der Waals surface area contributed by atoms with Crippen molar-refractivity contribution in [3.63, 3.8) is 0 Å². The van der Waals surface area contributed by atoms with Gasteiger partial charge in [-0.3, -0.25) is 4.55 Å². The van der Waals surface area contributed by atoms with Crippen LogP contribution >= 0.6 is 0 Å². The van der Waals surface area contributed by atoms with E-state index in [1.165, 1.54) is 62.4 Å². The maximum atomic E-state index is 12.1. The number of benzene rings is 2. The molecule has 0 atom stereocenters. The Morgan fingerprint density at radius 3 is 2.29 bits per heavy atom. The second-order valence-corrected chi connectivity index (χ2v) is 8.05. The van der Waals surface area contributed by atoms with Crippen LogP contribution in [-0.2, 0) is 16.5 Å². The zero-order chi connectivity index (χ0) is 19.7. The summed E-state index contributed by atoms with van der Waals surface area (Å²) >= 11 is 0. The molecule has 0 aliphatic rings. The summed E-state index contributed by atoms with van der Waals surface area (Å²) in [5.41, 5.74) is 0.658. The monoisotopic (exact) mass is 430 g/mol. The van der Waals surface area contributed by atoms with E-state index in [-0.39, 0.29) is 67.8 Å². The minimum Gasteiger partial charge on any atom is -0.872 e. The number of hydrogen-bond acceptors (Lipinski definition) is 4. The Morgan fingerprint density at radius 2 is 1.61 bits per heavy atom. The minimum atomic E-state index is -4.39. The molecule has 1 N–H and O–H groups in total. The van der Waals surface area contributed by atoms with Gasteiger partial charge in [-0.1, -0.05) is 69.2 Å². The molecule has 2 aromatic rings. The average molecular weight is 431 g/mol. The van der Waals surface area contributed by atoms with Gasteiger partial charge in [0.1, 0.15) is 16.4 Å². The molecule has 7 heteroatoms. The van der Waals surface area contributed by atoms with Crippen LogP contribution in [0.1, 0.15) is 57.4 Å². The Hall–Kier alpha value is -0.414. The fourth-order valence-electron chi connectivity index (χ4n) is 2.96. The fraction of sp³-hybridized carbons (Fsp3) is 0.429. The first-order valence-corrected chi connectivity index (χ1v) is 10.9. The summed E-state index contributed by atoms with van der Waals surface area (Å²) in [4.78, 5) is -0.301. The Bertz CT molecular complexity index is 836. The quantitative estimate of drug-likeness (QED) is 0.335. The molecule has 0 saturated heterocycles. The van der Waals surface area contributed by atoms with Crippen molar-refractivity contribution in [3.8, 4) is 17.2 Å². The number of ether oxygens (including phenoxy) is 1. The van der Waals surface area contributed by atoms with E-state index in [4.69, 9.17) is 4.74 Å². The Morgan fingerprint density at radius 1 is 0.964 bits per heavy atom. The molecule has 0 aromatic heterocycles.